The molecule has 0 spiro atoms. The predicted molar refractivity (Wildman–Crippen MR) is 68.8 cm³/mol. The highest BCUT2D eigenvalue weighted by Gasteiger charge is 1.97. The summed E-state index contributed by atoms with van der Waals surface area (Å²) in [5, 5.41) is 0. The van der Waals surface area contributed by atoms with Crippen LogP contribution in [0.4, 0.5) is 0 Å². The fourth-order valence-corrected chi connectivity index (χ4v) is 1.83. The first-order valence-electron chi connectivity index (χ1n) is 5.22. The highest BCUT2D eigenvalue weighted by atomic mass is 32.2. The van der Waals surface area contributed by atoms with Crippen molar-refractivity contribution in [1.82, 2.24) is 0 Å². The normalized spacial score (nSPS) is 10.1. The van der Waals surface area contributed by atoms with Gasteiger partial charge in [-0.05, 0) is 38.1 Å². The van der Waals surface area contributed by atoms with E-state index in [9.17, 15) is 0 Å². The van der Waals surface area contributed by atoms with Crippen molar-refractivity contribution in [3.63, 3.8) is 0 Å². The third-order valence-electron chi connectivity index (χ3n) is 2.28. The lowest BCUT2D eigenvalue weighted by atomic mass is 10.2. The molecule has 0 bridgehead atoms. The summed E-state index contributed by atoms with van der Waals surface area (Å²) in [6.07, 6.45) is 0. The van der Waals surface area contributed by atoms with Gasteiger partial charge in [0.15, 0.2) is 0 Å². The zero-order valence-corrected chi connectivity index (χ0v) is 10.3. The lowest BCUT2D eigenvalue weighted by molar-refractivity contribution is 0.646. The second kappa shape index (κ2) is 5.08. The van der Waals surface area contributed by atoms with Crippen LogP contribution >= 0.6 is 12.0 Å². The Balaban J connectivity index is 1.97. The van der Waals surface area contributed by atoms with Crippen LogP contribution in [-0.2, 0) is 0 Å². The Morgan fingerprint density at radius 3 is 1.81 bits per heavy atom. The molecule has 82 valence electrons. The van der Waals surface area contributed by atoms with Crippen LogP contribution in [0.5, 0.6) is 5.75 Å². The molecule has 0 saturated heterocycles. The molecule has 2 aromatic carbocycles. The summed E-state index contributed by atoms with van der Waals surface area (Å²) < 4.78 is 5.60. The van der Waals surface area contributed by atoms with Gasteiger partial charge in [0.25, 0.3) is 0 Å². The molecular formula is C14H14OS. The largest absolute Gasteiger partial charge is 0.421 e. The van der Waals surface area contributed by atoms with Gasteiger partial charge >= 0.3 is 0 Å². The Hall–Kier alpha value is -1.41. The summed E-state index contributed by atoms with van der Waals surface area (Å²) in [6.45, 7) is 4.15. The molecule has 0 radical (unpaired) electrons. The SMILES string of the molecule is Cc1ccc(OSc2ccc(C)cc2)cc1. The van der Waals surface area contributed by atoms with Crippen molar-refractivity contribution in [2.45, 2.75) is 18.7 Å². The van der Waals surface area contributed by atoms with Crippen molar-refractivity contribution in [2.75, 3.05) is 0 Å². The first kappa shape index (κ1) is 11.1. The Bertz CT molecular complexity index is 400. The zero-order chi connectivity index (χ0) is 11.4. The number of benzene rings is 2. The van der Waals surface area contributed by atoms with Crippen molar-refractivity contribution < 1.29 is 4.18 Å². The molecule has 0 fully saturated rings. The zero-order valence-electron chi connectivity index (χ0n) is 9.44. The Labute approximate surface area is 101 Å². The topological polar surface area (TPSA) is 9.23 Å². The first-order valence-corrected chi connectivity index (χ1v) is 5.96. The van der Waals surface area contributed by atoms with E-state index in [0.29, 0.717) is 0 Å². The number of hydrogen-bond donors (Lipinski definition) is 0. The predicted octanol–water partition coefficient (Wildman–Crippen LogP) is 4.39. The molecule has 0 amide bonds. The van der Waals surface area contributed by atoms with Crippen molar-refractivity contribution in [3.8, 4) is 5.75 Å². The summed E-state index contributed by atoms with van der Waals surface area (Å²) in [5.41, 5.74) is 2.51. The molecule has 2 aromatic rings. The van der Waals surface area contributed by atoms with Gasteiger partial charge in [-0.3, -0.25) is 0 Å². The van der Waals surface area contributed by atoms with Crippen LogP contribution in [0.3, 0.4) is 0 Å². The van der Waals surface area contributed by atoms with Crippen LogP contribution in [-0.4, -0.2) is 0 Å². The second-order valence-corrected chi connectivity index (χ2v) is 4.60. The number of rotatable bonds is 3. The molecule has 0 aromatic heterocycles. The minimum atomic E-state index is 0.885. The van der Waals surface area contributed by atoms with Gasteiger partial charge in [-0.15, -0.1) is 0 Å². The molecule has 0 atom stereocenters. The monoisotopic (exact) mass is 230 g/mol. The smallest absolute Gasteiger partial charge is 0.137 e. The maximum absolute atomic E-state index is 5.60. The lowest BCUT2D eigenvalue weighted by Gasteiger charge is -2.04. The van der Waals surface area contributed by atoms with Gasteiger partial charge < -0.3 is 4.18 Å². The average molecular weight is 230 g/mol. The third-order valence-corrected chi connectivity index (χ3v) is 3.02. The minimum absolute atomic E-state index is 0.885. The van der Waals surface area contributed by atoms with Crippen molar-refractivity contribution in [3.05, 3.63) is 59.7 Å². The molecule has 0 heterocycles. The Morgan fingerprint density at radius 2 is 1.25 bits per heavy atom. The fourth-order valence-electron chi connectivity index (χ4n) is 1.28. The molecule has 0 aliphatic rings. The van der Waals surface area contributed by atoms with E-state index in [-0.39, 0.29) is 0 Å². The summed E-state index contributed by atoms with van der Waals surface area (Å²) >= 11 is 1.39. The van der Waals surface area contributed by atoms with Crippen LogP contribution in [0, 0.1) is 13.8 Å². The van der Waals surface area contributed by atoms with Crippen molar-refractivity contribution >= 4 is 12.0 Å². The molecule has 2 heteroatoms. The second-order valence-electron chi connectivity index (χ2n) is 3.79. The molecule has 16 heavy (non-hydrogen) atoms. The summed E-state index contributed by atoms with van der Waals surface area (Å²) in [7, 11) is 0. The van der Waals surface area contributed by atoms with E-state index in [4.69, 9.17) is 4.18 Å². The summed E-state index contributed by atoms with van der Waals surface area (Å²) in [4.78, 5) is 1.12. The molecular weight excluding hydrogens is 216 g/mol. The molecule has 0 unspecified atom stereocenters. The van der Waals surface area contributed by atoms with E-state index < -0.39 is 0 Å². The first-order chi connectivity index (χ1) is 7.74. The van der Waals surface area contributed by atoms with Crippen LogP contribution < -0.4 is 4.18 Å². The molecule has 0 aliphatic heterocycles. The summed E-state index contributed by atoms with van der Waals surface area (Å²) in [6, 6.07) is 16.4. The van der Waals surface area contributed by atoms with Gasteiger partial charge in [0, 0.05) is 4.90 Å². The van der Waals surface area contributed by atoms with Crippen LogP contribution in [0.15, 0.2) is 53.4 Å². The van der Waals surface area contributed by atoms with Gasteiger partial charge in [-0.25, -0.2) is 0 Å². The molecule has 2 rings (SSSR count). The lowest BCUT2D eigenvalue weighted by Crippen LogP contribution is -1.82. The Morgan fingerprint density at radius 1 is 0.750 bits per heavy atom. The van der Waals surface area contributed by atoms with E-state index in [1.54, 1.807) is 0 Å². The van der Waals surface area contributed by atoms with Crippen LogP contribution in [0.25, 0.3) is 0 Å². The number of aryl methyl sites for hydroxylation is 2. The highest BCUT2D eigenvalue weighted by molar-refractivity contribution is 7.95. The van der Waals surface area contributed by atoms with Crippen molar-refractivity contribution in [2.24, 2.45) is 0 Å². The van der Waals surface area contributed by atoms with E-state index >= 15 is 0 Å². The standard InChI is InChI=1S/C14H14OS/c1-11-3-7-13(8-4-11)15-16-14-9-5-12(2)6-10-14/h3-10H,1-2H3. The van der Waals surface area contributed by atoms with E-state index in [2.05, 4.69) is 38.1 Å². The van der Waals surface area contributed by atoms with E-state index in [0.717, 1.165) is 10.6 Å². The maximum Gasteiger partial charge on any atom is 0.137 e. The van der Waals surface area contributed by atoms with Gasteiger partial charge in [0.2, 0.25) is 0 Å². The van der Waals surface area contributed by atoms with Gasteiger partial charge in [0.1, 0.15) is 5.75 Å². The molecule has 0 saturated carbocycles. The van der Waals surface area contributed by atoms with Gasteiger partial charge in [-0.1, -0.05) is 35.4 Å². The quantitative estimate of drug-likeness (QED) is 0.723. The van der Waals surface area contributed by atoms with Gasteiger partial charge in [-0.2, -0.15) is 0 Å². The average Bonchev–Trinajstić information content (AvgIpc) is 2.30. The van der Waals surface area contributed by atoms with E-state index in [1.165, 1.54) is 23.2 Å². The molecule has 1 nitrogen and oxygen atoms in total. The van der Waals surface area contributed by atoms with Crippen LogP contribution in [0.1, 0.15) is 11.1 Å². The third kappa shape index (κ3) is 3.04. The van der Waals surface area contributed by atoms with Crippen molar-refractivity contribution in [1.29, 1.82) is 0 Å². The maximum atomic E-state index is 5.60. The number of hydrogen-bond acceptors (Lipinski definition) is 2. The highest BCUT2D eigenvalue weighted by Crippen LogP contribution is 2.23. The van der Waals surface area contributed by atoms with Crippen LogP contribution in [0.2, 0.25) is 0 Å². The van der Waals surface area contributed by atoms with Gasteiger partial charge in [0.05, 0.1) is 12.0 Å². The Kier molecular flexibility index (Phi) is 3.52. The van der Waals surface area contributed by atoms with E-state index in [1.807, 2.05) is 24.3 Å². The minimum Gasteiger partial charge on any atom is -0.421 e. The summed E-state index contributed by atoms with van der Waals surface area (Å²) in [5.74, 6) is 0.885. The fraction of sp³-hybridized carbons (Fsp3) is 0.143. The molecule has 0 aliphatic carbocycles. The molecule has 0 N–H and O–H groups in total.